The number of fused-ring (bicyclic) bond motifs is 3. The number of carbonyl (C=O) groups excluding carboxylic acids is 1. The van der Waals surface area contributed by atoms with Gasteiger partial charge in [0.1, 0.15) is 0 Å². The van der Waals surface area contributed by atoms with E-state index in [0.29, 0.717) is 5.75 Å². The number of nitrogens with zero attached hydrogens (tertiary/aromatic N) is 3. The number of aromatic nitrogens is 3. The first-order valence-corrected chi connectivity index (χ1v) is 10.4. The summed E-state index contributed by atoms with van der Waals surface area (Å²) in [4.78, 5) is 13.0. The number of thioether (sulfide) groups is 1. The molecule has 1 aromatic carbocycles. The van der Waals surface area contributed by atoms with Gasteiger partial charge in [0, 0.05) is 6.54 Å². The number of benzene rings is 1. The standard InChI is InChI=1S/C18H20N4OS2/c23-16(19-11-10-13-6-2-1-3-7-13)12-24-17-20-21-18-22(17)14-8-4-5-9-15(14)25-18/h4-6,8-9H,1-3,7,10-12H2,(H,19,23). The first-order valence-electron chi connectivity index (χ1n) is 8.61. The molecular weight excluding hydrogens is 352 g/mol. The molecule has 130 valence electrons. The third-order valence-corrected chi connectivity index (χ3v) is 6.34. The van der Waals surface area contributed by atoms with Crippen molar-refractivity contribution >= 4 is 44.2 Å². The molecule has 0 unspecified atom stereocenters. The van der Waals surface area contributed by atoms with Crippen LogP contribution in [0.2, 0.25) is 0 Å². The number of hydrogen-bond donors (Lipinski definition) is 1. The molecule has 0 aliphatic heterocycles. The topological polar surface area (TPSA) is 59.3 Å². The molecule has 0 saturated carbocycles. The van der Waals surface area contributed by atoms with Crippen molar-refractivity contribution in [2.24, 2.45) is 0 Å². The first-order chi connectivity index (χ1) is 12.3. The molecule has 1 aliphatic carbocycles. The Labute approximate surface area is 154 Å². The van der Waals surface area contributed by atoms with Crippen molar-refractivity contribution in [3.05, 3.63) is 35.9 Å². The average Bonchev–Trinajstić information content (AvgIpc) is 3.20. The van der Waals surface area contributed by atoms with Gasteiger partial charge < -0.3 is 5.32 Å². The Morgan fingerprint density at radius 2 is 2.20 bits per heavy atom. The molecule has 2 heterocycles. The number of thiazole rings is 1. The van der Waals surface area contributed by atoms with Crippen molar-refractivity contribution in [2.45, 2.75) is 37.3 Å². The van der Waals surface area contributed by atoms with Crippen LogP contribution < -0.4 is 5.32 Å². The normalized spacial score (nSPS) is 14.8. The largest absolute Gasteiger partial charge is 0.355 e. The fourth-order valence-corrected chi connectivity index (χ4v) is 4.92. The van der Waals surface area contributed by atoms with E-state index in [9.17, 15) is 4.79 Å². The minimum Gasteiger partial charge on any atom is -0.355 e. The van der Waals surface area contributed by atoms with Crippen molar-refractivity contribution < 1.29 is 4.79 Å². The Hall–Kier alpha value is -1.86. The van der Waals surface area contributed by atoms with Gasteiger partial charge >= 0.3 is 0 Å². The number of allylic oxidation sites excluding steroid dienone is 1. The van der Waals surface area contributed by atoms with Gasteiger partial charge in [-0.15, -0.1) is 10.2 Å². The Morgan fingerprint density at radius 1 is 1.28 bits per heavy atom. The summed E-state index contributed by atoms with van der Waals surface area (Å²) >= 11 is 3.06. The Kier molecular flexibility index (Phi) is 5.03. The van der Waals surface area contributed by atoms with Gasteiger partial charge in [-0.25, -0.2) is 0 Å². The summed E-state index contributed by atoms with van der Waals surface area (Å²) in [5.74, 6) is 0.419. The van der Waals surface area contributed by atoms with Crippen LogP contribution >= 0.6 is 23.1 Å². The van der Waals surface area contributed by atoms with E-state index in [0.717, 1.165) is 28.6 Å². The lowest BCUT2D eigenvalue weighted by atomic mass is 9.97. The van der Waals surface area contributed by atoms with E-state index in [1.807, 2.05) is 16.5 Å². The average molecular weight is 373 g/mol. The van der Waals surface area contributed by atoms with E-state index in [1.165, 1.54) is 47.7 Å². The SMILES string of the molecule is O=C(CSc1nnc2sc3ccccc3n12)NCCC1=CCCCC1. The van der Waals surface area contributed by atoms with Gasteiger partial charge in [0.25, 0.3) is 0 Å². The lowest BCUT2D eigenvalue weighted by Gasteiger charge is -2.12. The molecule has 1 amide bonds. The molecule has 1 N–H and O–H groups in total. The van der Waals surface area contributed by atoms with Crippen LogP contribution in [-0.2, 0) is 4.79 Å². The van der Waals surface area contributed by atoms with Crippen molar-refractivity contribution in [1.29, 1.82) is 0 Å². The smallest absolute Gasteiger partial charge is 0.230 e. The zero-order chi connectivity index (χ0) is 17.1. The first kappa shape index (κ1) is 16.6. The van der Waals surface area contributed by atoms with Crippen LogP contribution in [-0.4, -0.2) is 32.8 Å². The third-order valence-electron chi connectivity index (χ3n) is 4.40. The summed E-state index contributed by atoms with van der Waals surface area (Å²) in [5.41, 5.74) is 2.59. The zero-order valence-electron chi connectivity index (χ0n) is 13.9. The number of hydrogen-bond acceptors (Lipinski definition) is 5. The van der Waals surface area contributed by atoms with Gasteiger partial charge in [-0.05, 0) is 44.2 Å². The molecule has 0 fully saturated rings. The molecule has 0 radical (unpaired) electrons. The highest BCUT2D eigenvalue weighted by atomic mass is 32.2. The van der Waals surface area contributed by atoms with E-state index in [1.54, 1.807) is 11.3 Å². The molecule has 25 heavy (non-hydrogen) atoms. The molecule has 2 aromatic heterocycles. The molecule has 5 nitrogen and oxygen atoms in total. The van der Waals surface area contributed by atoms with Crippen molar-refractivity contribution in [2.75, 3.05) is 12.3 Å². The van der Waals surface area contributed by atoms with Crippen molar-refractivity contribution in [1.82, 2.24) is 19.9 Å². The maximum absolute atomic E-state index is 12.1. The molecule has 0 bridgehead atoms. The zero-order valence-corrected chi connectivity index (χ0v) is 15.5. The predicted molar refractivity (Wildman–Crippen MR) is 103 cm³/mol. The van der Waals surface area contributed by atoms with Crippen LogP contribution in [0.15, 0.2) is 41.1 Å². The second-order valence-electron chi connectivity index (χ2n) is 6.17. The molecule has 1 aliphatic rings. The number of amides is 1. The summed E-state index contributed by atoms with van der Waals surface area (Å²) in [6.07, 6.45) is 8.27. The predicted octanol–water partition coefficient (Wildman–Crippen LogP) is 4.04. The summed E-state index contributed by atoms with van der Waals surface area (Å²) in [6, 6.07) is 8.17. The minimum absolute atomic E-state index is 0.0534. The van der Waals surface area contributed by atoms with E-state index in [2.05, 4.69) is 33.7 Å². The quantitative estimate of drug-likeness (QED) is 0.524. The van der Waals surface area contributed by atoms with Gasteiger partial charge in [0.2, 0.25) is 10.9 Å². The summed E-state index contributed by atoms with van der Waals surface area (Å²) in [6.45, 7) is 0.724. The molecule has 4 rings (SSSR count). The Bertz CT molecular complexity index is 928. The summed E-state index contributed by atoms with van der Waals surface area (Å²) in [5, 5.41) is 12.2. The lowest BCUT2D eigenvalue weighted by Crippen LogP contribution is -2.26. The Balaban J connectivity index is 1.34. The fourth-order valence-electron chi connectivity index (χ4n) is 3.12. The van der Waals surface area contributed by atoms with E-state index >= 15 is 0 Å². The van der Waals surface area contributed by atoms with E-state index < -0.39 is 0 Å². The highest BCUT2D eigenvalue weighted by molar-refractivity contribution is 7.99. The number of nitrogens with one attached hydrogen (secondary N) is 1. The molecule has 3 aromatic rings. The van der Waals surface area contributed by atoms with Crippen molar-refractivity contribution in [3.8, 4) is 0 Å². The highest BCUT2D eigenvalue weighted by Gasteiger charge is 2.14. The molecule has 0 spiro atoms. The van der Waals surface area contributed by atoms with E-state index in [-0.39, 0.29) is 5.91 Å². The van der Waals surface area contributed by atoms with Crippen LogP contribution in [0.3, 0.4) is 0 Å². The van der Waals surface area contributed by atoms with Gasteiger partial charge in [-0.1, -0.05) is 46.9 Å². The Morgan fingerprint density at radius 3 is 3.08 bits per heavy atom. The van der Waals surface area contributed by atoms with Crippen LogP contribution in [0.25, 0.3) is 15.2 Å². The monoisotopic (exact) mass is 372 g/mol. The van der Waals surface area contributed by atoms with Gasteiger partial charge in [0.15, 0.2) is 5.16 Å². The van der Waals surface area contributed by atoms with Crippen LogP contribution in [0.5, 0.6) is 0 Å². The maximum atomic E-state index is 12.1. The van der Waals surface area contributed by atoms with Gasteiger partial charge in [-0.3, -0.25) is 9.20 Å². The lowest BCUT2D eigenvalue weighted by molar-refractivity contribution is -0.118. The second-order valence-corrected chi connectivity index (χ2v) is 8.12. The van der Waals surface area contributed by atoms with Crippen LogP contribution in [0.1, 0.15) is 32.1 Å². The third kappa shape index (κ3) is 3.72. The fraction of sp³-hybridized carbons (Fsp3) is 0.389. The minimum atomic E-state index is 0.0534. The maximum Gasteiger partial charge on any atom is 0.230 e. The molecule has 0 atom stereocenters. The number of rotatable bonds is 6. The highest BCUT2D eigenvalue weighted by Crippen LogP contribution is 2.29. The number of carbonyl (C=O) groups is 1. The molecule has 0 saturated heterocycles. The van der Waals surface area contributed by atoms with Crippen LogP contribution in [0.4, 0.5) is 0 Å². The summed E-state index contributed by atoms with van der Waals surface area (Å²) in [7, 11) is 0. The molecular formula is C18H20N4OS2. The van der Waals surface area contributed by atoms with Gasteiger partial charge in [0.05, 0.1) is 16.0 Å². The number of para-hydroxylation sites is 1. The van der Waals surface area contributed by atoms with E-state index in [4.69, 9.17) is 0 Å². The second kappa shape index (κ2) is 7.58. The van der Waals surface area contributed by atoms with Gasteiger partial charge in [-0.2, -0.15) is 0 Å². The summed E-state index contributed by atoms with van der Waals surface area (Å²) < 4.78 is 3.21. The van der Waals surface area contributed by atoms with Crippen LogP contribution in [0, 0.1) is 0 Å². The molecule has 7 heteroatoms. The van der Waals surface area contributed by atoms with Crippen molar-refractivity contribution in [3.63, 3.8) is 0 Å².